The van der Waals surface area contributed by atoms with Gasteiger partial charge in [-0.2, -0.15) is 0 Å². The van der Waals surface area contributed by atoms with Crippen LogP contribution in [0.2, 0.25) is 0 Å². The zero-order valence-corrected chi connectivity index (χ0v) is 7.70. The van der Waals surface area contributed by atoms with Crippen LogP contribution in [0.3, 0.4) is 0 Å². The van der Waals surface area contributed by atoms with Crippen molar-refractivity contribution in [3.8, 4) is 0 Å². The van der Waals surface area contributed by atoms with E-state index in [0.29, 0.717) is 0 Å². The Balaban J connectivity index is 2.20. The molecule has 1 aromatic rings. The molecule has 1 aliphatic heterocycles. The number of aliphatic hydroxyl groups excluding tert-OH is 1. The molecule has 3 heteroatoms. The summed E-state index contributed by atoms with van der Waals surface area (Å²) in [5.41, 5.74) is 2.09. The summed E-state index contributed by atoms with van der Waals surface area (Å²) in [6.07, 6.45) is 2.41. The molecule has 0 aliphatic carbocycles. The van der Waals surface area contributed by atoms with Gasteiger partial charge in [0.05, 0.1) is 12.1 Å². The summed E-state index contributed by atoms with van der Waals surface area (Å²) in [7, 11) is 0. The first-order valence-electron chi connectivity index (χ1n) is 4.61. The van der Waals surface area contributed by atoms with Crippen LogP contribution in [0.15, 0.2) is 18.3 Å². The first-order valence-corrected chi connectivity index (χ1v) is 4.61. The predicted molar refractivity (Wildman–Crippen MR) is 50.3 cm³/mol. The molecule has 1 saturated heterocycles. The summed E-state index contributed by atoms with van der Waals surface area (Å²) >= 11 is 0. The first kappa shape index (κ1) is 8.66. The molecular formula is C10H14N2O. The zero-order chi connectivity index (χ0) is 9.26. The lowest BCUT2D eigenvalue weighted by molar-refractivity contribution is 0.160. The predicted octanol–water partition coefficient (Wildman–Crippen LogP) is 0.785. The summed E-state index contributed by atoms with van der Waals surface area (Å²) < 4.78 is 0. The van der Waals surface area contributed by atoms with Gasteiger partial charge in [-0.05, 0) is 31.5 Å². The normalized spacial score (nSPS) is 27.8. The van der Waals surface area contributed by atoms with Crippen LogP contribution in [0.5, 0.6) is 0 Å². The van der Waals surface area contributed by atoms with Crippen molar-refractivity contribution >= 4 is 0 Å². The minimum atomic E-state index is -0.260. The van der Waals surface area contributed by atoms with Crippen LogP contribution in [-0.4, -0.2) is 22.7 Å². The van der Waals surface area contributed by atoms with Crippen molar-refractivity contribution in [1.29, 1.82) is 0 Å². The molecule has 0 aromatic carbocycles. The largest absolute Gasteiger partial charge is 0.391 e. The Bertz CT molecular complexity index is 283. The fourth-order valence-corrected chi connectivity index (χ4v) is 1.69. The molecule has 2 atom stereocenters. The Kier molecular flexibility index (Phi) is 2.29. The summed E-state index contributed by atoms with van der Waals surface area (Å²) in [5, 5.41) is 12.9. The van der Waals surface area contributed by atoms with Crippen LogP contribution >= 0.6 is 0 Å². The van der Waals surface area contributed by atoms with E-state index >= 15 is 0 Å². The van der Waals surface area contributed by atoms with Crippen molar-refractivity contribution in [1.82, 2.24) is 10.3 Å². The smallest absolute Gasteiger partial charge is 0.0747 e. The molecule has 0 saturated carbocycles. The third kappa shape index (κ3) is 1.71. The van der Waals surface area contributed by atoms with E-state index in [4.69, 9.17) is 0 Å². The molecule has 2 unspecified atom stereocenters. The molecule has 2 heterocycles. The lowest BCUT2D eigenvalue weighted by Crippen LogP contribution is -2.20. The van der Waals surface area contributed by atoms with Crippen LogP contribution < -0.4 is 5.32 Å². The highest BCUT2D eigenvalue weighted by molar-refractivity contribution is 5.19. The Morgan fingerprint density at radius 3 is 2.92 bits per heavy atom. The second-order valence-corrected chi connectivity index (χ2v) is 3.52. The van der Waals surface area contributed by atoms with Crippen LogP contribution in [0.25, 0.3) is 0 Å². The van der Waals surface area contributed by atoms with Gasteiger partial charge >= 0.3 is 0 Å². The van der Waals surface area contributed by atoms with Gasteiger partial charge in [0, 0.05) is 11.9 Å². The Hall–Kier alpha value is -0.930. The van der Waals surface area contributed by atoms with Gasteiger partial charge in [0.25, 0.3) is 0 Å². The van der Waals surface area contributed by atoms with E-state index < -0.39 is 0 Å². The standard InChI is InChI=1S/C10H14N2O/c1-7-2-3-8(6-12-7)10-9(13)4-5-11-10/h2-3,6,9-11,13H,4-5H2,1H3. The molecule has 2 N–H and O–H groups in total. The summed E-state index contributed by atoms with van der Waals surface area (Å²) in [5.74, 6) is 0. The third-order valence-electron chi connectivity index (χ3n) is 2.48. The molecule has 0 bridgehead atoms. The fraction of sp³-hybridized carbons (Fsp3) is 0.500. The molecule has 0 amide bonds. The van der Waals surface area contributed by atoms with E-state index in [0.717, 1.165) is 24.2 Å². The highest BCUT2D eigenvalue weighted by Crippen LogP contribution is 2.22. The van der Waals surface area contributed by atoms with Crippen LogP contribution in [0.1, 0.15) is 23.7 Å². The van der Waals surface area contributed by atoms with Gasteiger partial charge in [0.15, 0.2) is 0 Å². The van der Waals surface area contributed by atoms with Gasteiger partial charge in [0.1, 0.15) is 0 Å². The van der Waals surface area contributed by atoms with E-state index in [-0.39, 0.29) is 12.1 Å². The number of hydrogen-bond donors (Lipinski definition) is 2. The molecule has 0 spiro atoms. The Morgan fingerprint density at radius 1 is 1.54 bits per heavy atom. The molecule has 2 rings (SSSR count). The van der Waals surface area contributed by atoms with Crippen molar-refractivity contribution in [2.45, 2.75) is 25.5 Å². The number of hydrogen-bond acceptors (Lipinski definition) is 3. The molecule has 1 aromatic heterocycles. The second kappa shape index (κ2) is 3.44. The second-order valence-electron chi connectivity index (χ2n) is 3.52. The van der Waals surface area contributed by atoms with Gasteiger partial charge in [-0.1, -0.05) is 6.07 Å². The Labute approximate surface area is 77.8 Å². The van der Waals surface area contributed by atoms with E-state index in [1.807, 2.05) is 25.3 Å². The van der Waals surface area contributed by atoms with Crippen molar-refractivity contribution in [3.05, 3.63) is 29.6 Å². The van der Waals surface area contributed by atoms with Crippen molar-refractivity contribution in [2.75, 3.05) is 6.54 Å². The maximum atomic E-state index is 9.62. The molecule has 0 radical (unpaired) electrons. The molecule has 13 heavy (non-hydrogen) atoms. The summed E-state index contributed by atoms with van der Waals surface area (Å²) in [6, 6.07) is 4.07. The van der Waals surface area contributed by atoms with Gasteiger partial charge in [-0.25, -0.2) is 0 Å². The maximum Gasteiger partial charge on any atom is 0.0747 e. The lowest BCUT2D eigenvalue weighted by Gasteiger charge is -2.14. The highest BCUT2D eigenvalue weighted by Gasteiger charge is 2.25. The summed E-state index contributed by atoms with van der Waals surface area (Å²) in [4.78, 5) is 4.21. The topological polar surface area (TPSA) is 45.1 Å². The lowest BCUT2D eigenvalue weighted by atomic mass is 10.1. The minimum Gasteiger partial charge on any atom is -0.391 e. The zero-order valence-electron chi connectivity index (χ0n) is 7.70. The number of aliphatic hydroxyl groups is 1. The molecule has 1 aliphatic rings. The van der Waals surface area contributed by atoms with Gasteiger partial charge < -0.3 is 10.4 Å². The Morgan fingerprint density at radius 2 is 2.38 bits per heavy atom. The van der Waals surface area contributed by atoms with E-state index in [1.165, 1.54) is 0 Å². The number of pyridine rings is 1. The summed E-state index contributed by atoms with van der Waals surface area (Å²) in [6.45, 7) is 2.85. The highest BCUT2D eigenvalue weighted by atomic mass is 16.3. The molecular weight excluding hydrogens is 164 g/mol. The van der Waals surface area contributed by atoms with Crippen LogP contribution in [-0.2, 0) is 0 Å². The van der Waals surface area contributed by atoms with Gasteiger partial charge in [-0.3, -0.25) is 4.98 Å². The van der Waals surface area contributed by atoms with Crippen LogP contribution in [0.4, 0.5) is 0 Å². The third-order valence-corrected chi connectivity index (χ3v) is 2.48. The first-order chi connectivity index (χ1) is 6.27. The number of nitrogens with zero attached hydrogens (tertiary/aromatic N) is 1. The van der Waals surface area contributed by atoms with E-state index in [1.54, 1.807) is 0 Å². The number of aryl methyl sites for hydroxylation is 1. The van der Waals surface area contributed by atoms with Crippen molar-refractivity contribution in [2.24, 2.45) is 0 Å². The average molecular weight is 178 g/mol. The monoisotopic (exact) mass is 178 g/mol. The SMILES string of the molecule is Cc1ccc(C2NCCC2O)cn1. The van der Waals surface area contributed by atoms with Gasteiger partial charge in [-0.15, -0.1) is 0 Å². The number of rotatable bonds is 1. The maximum absolute atomic E-state index is 9.62. The molecule has 1 fully saturated rings. The molecule has 70 valence electrons. The number of aromatic nitrogens is 1. The minimum absolute atomic E-state index is 0.0769. The fourth-order valence-electron chi connectivity index (χ4n) is 1.69. The van der Waals surface area contributed by atoms with Crippen molar-refractivity contribution < 1.29 is 5.11 Å². The average Bonchev–Trinajstić information content (AvgIpc) is 2.53. The molecule has 3 nitrogen and oxygen atoms in total. The van der Waals surface area contributed by atoms with E-state index in [9.17, 15) is 5.11 Å². The van der Waals surface area contributed by atoms with Crippen LogP contribution in [0, 0.1) is 6.92 Å². The van der Waals surface area contributed by atoms with Crippen molar-refractivity contribution in [3.63, 3.8) is 0 Å². The van der Waals surface area contributed by atoms with E-state index in [2.05, 4.69) is 10.3 Å². The quantitative estimate of drug-likeness (QED) is 0.668. The van der Waals surface area contributed by atoms with Gasteiger partial charge in [0.2, 0.25) is 0 Å². The number of nitrogens with one attached hydrogen (secondary N) is 1.